The highest BCUT2D eigenvalue weighted by molar-refractivity contribution is 7.10. The van der Waals surface area contributed by atoms with E-state index in [1.165, 1.54) is 4.88 Å². The Kier molecular flexibility index (Phi) is 3.22. The summed E-state index contributed by atoms with van der Waals surface area (Å²) >= 11 is 1.67. The highest BCUT2D eigenvalue weighted by atomic mass is 32.1. The molecule has 1 nitrogen and oxygen atoms in total. The highest BCUT2D eigenvalue weighted by Gasteiger charge is 2.22. The Balaban J connectivity index is 1.91. The van der Waals surface area contributed by atoms with Crippen LogP contribution in [-0.4, -0.2) is 0 Å². The van der Waals surface area contributed by atoms with Crippen molar-refractivity contribution in [3.8, 4) is 0 Å². The van der Waals surface area contributed by atoms with E-state index in [0.29, 0.717) is 6.07 Å². The van der Waals surface area contributed by atoms with Gasteiger partial charge in [-0.3, -0.25) is 0 Å². The molecule has 1 atom stereocenters. The number of hydrogen-bond acceptors (Lipinski definition) is 2. The first kappa shape index (κ1) is 12.5. The summed E-state index contributed by atoms with van der Waals surface area (Å²) in [6.07, 6.45) is 2.84. The highest BCUT2D eigenvalue weighted by Crippen LogP contribution is 2.36. The molecular formula is C14H12F3NS. The lowest BCUT2D eigenvalue weighted by Crippen LogP contribution is -2.16. The maximum Gasteiger partial charge on any atom is 0.182 e. The lowest BCUT2D eigenvalue weighted by atomic mass is 9.94. The summed E-state index contributed by atoms with van der Waals surface area (Å²) in [7, 11) is 0. The van der Waals surface area contributed by atoms with Gasteiger partial charge >= 0.3 is 0 Å². The van der Waals surface area contributed by atoms with E-state index in [2.05, 4.69) is 5.32 Å². The molecule has 1 aliphatic carbocycles. The number of aryl methyl sites for hydroxylation is 1. The van der Waals surface area contributed by atoms with Crippen LogP contribution in [0.5, 0.6) is 0 Å². The summed E-state index contributed by atoms with van der Waals surface area (Å²) in [6, 6.07) is 3.46. The molecule has 2 aromatic rings. The largest absolute Gasteiger partial charge is 0.376 e. The van der Waals surface area contributed by atoms with E-state index in [0.717, 1.165) is 30.9 Å². The quantitative estimate of drug-likeness (QED) is 0.791. The van der Waals surface area contributed by atoms with Gasteiger partial charge in [-0.15, -0.1) is 11.3 Å². The van der Waals surface area contributed by atoms with Crippen molar-refractivity contribution in [1.29, 1.82) is 0 Å². The average Bonchev–Trinajstić information content (AvgIpc) is 2.84. The minimum atomic E-state index is -1.16. The lowest BCUT2D eigenvalue weighted by molar-refractivity contribution is 0.494. The second-order valence-electron chi connectivity index (χ2n) is 4.64. The summed E-state index contributed by atoms with van der Waals surface area (Å²) in [4.78, 5) is 1.26. The average molecular weight is 283 g/mol. The molecule has 1 heterocycles. The Morgan fingerprint density at radius 3 is 2.89 bits per heavy atom. The molecule has 19 heavy (non-hydrogen) atoms. The van der Waals surface area contributed by atoms with Crippen LogP contribution in [0.25, 0.3) is 0 Å². The SMILES string of the molecule is Fc1cc(F)c(F)c(NC2CCCc3sccc32)c1. The van der Waals surface area contributed by atoms with E-state index in [4.69, 9.17) is 0 Å². The van der Waals surface area contributed by atoms with Crippen molar-refractivity contribution >= 4 is 17.0 Å². The standard InChI is InChI=1S/C14H12F3NS/c15-8-6-10(16)14(17)12(7-8)18-11-2-1-3-13-9(11)4-5-19-13/h4-7,11,18H,1-3H2. The Hall–Kier alpha value is -1.49. The summed E-state index contributed by atoms with van der Waals surface area (Å²) in [5, 5.41) is 4.92. The van der Waals surface area contributed by atoms with Crippen molar-refractivity contribution in [3.05, 3.63) is 51.5 Å². The molecule has 0 fully saturated rings. The van der Waals surface area contributed by atoms with Crippen molar-refractivity contribution in [3.63, 3.8) is 0 Å². The molecule has 0 saturated heterocycles. The van der Waals surface area contributed by atoms with E-state index >= 15 is 0 Å². The Labute approximate surface area is 113 Å². The summed E-state index contributed by atoms with van der Waals surface area (Å²) in [5.74, 6) is -2.96. The first-order chi connectivity index (χ1) is 9.15. The lowest BCUT2D eigenvalue weighted by Gasteiger charge is -2.25. The first-order valence-electron chi connectivity index (χ1n) is 6.12. The molecular weight excluding hydrogens is 271 g/mol. The van der Waals surface area contributed by atoms with E-state index < -0.39 is 17.5 Å². The second-order valence-corrected chi connectivity index (χ2v) is 5.64. The zero-order chi connectivity index (χ0) is 13.4. The van der Waals surface area contributed by atoms with Crippen LogP contribution in [0, 0.1) is 17.5 Å². The fraction of sp³-hybridized carbons (Fsp3) is 0.286. The van der Waals surface area contributed by atoms with Gasteiger partial charge < -0.3 is 5.32 Å². The fourth-order valence-corrected chi connectivity index (χ4v) is 3.47. The van der Waals surface area contributed by atoms with Crippen LogP contribution in [0.2, 0.25) is 0 Å². The minimum absolute atomic E-state index is 0.0781. The van der Waals surface area contributed by atoms with Gasteiger partial charge in [-0.1, -0.05) is 0 Å². The molecule has 0 saturated carbocycles. The zero-order valence-electron chi connectivity index (χ0n) is 10.1. The molecule has 0 aliphatic heterocycles. The number of benzene rings is 1. The second kappa shape index (κ2) is 4.89. The van der Waals surface area contributed by atoms with Crippen LogP contribution < -0.4 is 5.32 Å². The maximum absolute atomic E-state index is 13.6. The van der Waals surface area contributed by atoms with Crippen LogP contribution in [0.15, 0.2) is 23.6 Å². The monoisotopic (exact) mass is 283 g/mol. The van der Waals surface area contributed by atoms with Crippen molar-refractivity contribution in [2.45, 2.75) is 25.3 Å². The summed E-state index contributed by atoms with van der Waals surface area (Å²) in [5.41, 5.74) is 1.00. The normalized spacial score (nSPS) is 18.2. The number of hydrogen-bond donors (Lipinski definition) is 1. The van der Waals surface area contributed by atoms with Crippen LogP contribution in [0.1, 0.15) is 29.3 Å². The fourth-order valence-electron chi connectivity index (χ4n) is 2.49. The van der Waals surface area contributed by atoms with Crippen molar-refractivity contribution in [2.75, 3.05) is 5.32 Å². The number of fused-ring (bicyclic) bond motifs is 1. The molecule has 100 valence electrons. The number of anilines is 1. The van der Waals surface area contributed by atoms with Crippen molar-refractivity contribution in [2.24, 2.45) is 0 Å². The number of rotatable bonds is 2. The van der Waals surface area contributed by atoms with Gasteiger partial charge in [-0.05, 0) is 36.3 Å². The molecule has 1 N–H and O–H groups in total. The van der Waals surface area contributed by atoms with Crippen molar-refractivity contribution in [1.82, 2.24) is 0 Å². The molecule has 5 heteroatoms. The summed E-state index contributed by atoms with van der Waals surface area (Å²) < 4.78 is 40.0. The smallest absolute Gasteiger partial charge is 0.182 e. The minimum Gasteiger partial charge on any atom is -0.376 e. The topological polar surface area (TPSA) is 12.0 Å². The van der Waals surface area contributed by atoms with Gasteiger partial charge in [0.2, 0.25) is 0 Å². The Morgan fingerprint density at radius 1 is 1.21 bits per heavy atom. The third-order valence-electron chi connectivity index (χ3n) is 3.37. The molecule has 0 spiro atoms. The zero-order valence-corrected chi connectivity index (χ0v) is 10.9. The van der Waals surface area contributed by atoms with Gasteiger partial charge in [0.25, 0.3) is 0 Å². The van der Waals surface area contributed by atoms with Crippen LogP contribution in [-0.2, 0) is 6.42 Å². The maximum atomic E-state index is 13.6. The Bertz CT molecular complexity index is 609. The van der Waals surface area contributed by atoms with E-state index in [1.807, 2.05) is 11.4 Å². The summed E-state index contributed by atoms with van der Waals surface area (Å²) in [6.45, 7) is 0. The van der Waals surface area contributed by atoms with E-state index in [1.54, 1.807) is 11.3 Å². The molecule has 1 aliphatic rings. The molecule has 0 radical (unpaired) electrons. The third kappa shape index (κ3) is 2.34. The predicted molar refractivity (Wildman–Crippen MR) is 69.9 cm³/mol. The molecule has 0 amide bonds. The Morgan fingerprint density at radius 2 is 2.05 bits per heavy atom. The van der Waals surface area contributed by atoms with Crippen molar-refractivity contribution < 1.29 is 13.2 Å². The molecule has 1 aromatic carbocycles. The van der Waals surface area contributed by atoms with Gasteiger partial charge in [-0.2, -0.15) is 0 Å². The number of thiophene rings is 1. The van der Waals surface area contributed by atoms with Gasteiger partial charge in [0.05, 0.1) is 11.7 Å². The van der Waals surface area contributed by atoms with Gasteiger partial charge in [0.1, 0.15) is 5.82 Å². The van der Waals surface area contributed by atoms with E-state index in [-0.39, 0.29) is 11.7 Å². The third-order valence-corrected chi connectivity index (χ3v) is 4.37. The number of nitrogens with one attached hydrogen (secondary N) is 1. The first-order valence-corrected chi connectivity index (χ1v) is 7.00. The van der Waals surface area contributed by atoms with Gasteiger partial charge in [0, 0.05) is 17.0 Å². The van der Waals surface area contributed by atoms with Crippen LogP contribution in [0.4, 0.5) is 18.9 Å². The molecule has 1 unspecified atom stereocenters. The van der Waals surface area contributed by atoms with E-state index in [9.17, 15) is 13.2 Å². The molecule has 0 bridgehead atoms. The molecule has 3 rings (SSSR count). The van der Waals surface area contributed by atoms with Gasteiger partial charge in [-0.25, -0.2) is 13.2 Å². The number of halogens is 3. The predicted octanol–water partition coefficient (Wildman–Crippen LogP) is 4.65. The van der Waals surface area contributed by atoms with Crippen LogP contribution >= 0.6 is 11.3 Å². The molecule has 1 aromatic heterocycles. The van der Waals surface area contributed by atoms with Crippen LogP contribution in [0.3, 0.4) is 0 Å². The van der Waals surface area contributed by atoms with Gasteiger partial charge in [0.15, 0.2) is 11.6 Å².